The highest BCUT2D eigenvalue weighted by Gasteiger charge is 2.43. The van der Waals surface area contributed by atoms with Crippen molar-refractivity contribution >= 4 is 29.8 Å². The van der Waals surface area contributed by atoms with E-state index < -0.39 is 54.0 Å². The van der Waals surface area contributed by atoms with Gasteiger partial charge in [-0.25, -0.2) is 9.59 Å². The van der Waals surface area contributed by atoms with Crippen molar-refractivity contribution in [1.29, 1.82) is 0 Å². The van der Waals surface area contributed by atoms with E-state index in [1.165, 1.54) is 6.92 Å². The summed E-state index contributed by atoms with van der Waals surface area (Å²) in [6, 6.07) is 16.1. The van der Waals surface area contributed by atoms with Crippen LogP contribution in [-0.2, 0) is 46.6 Å². The first-order valence-electron chi connectivity index (χ1n) is 12.7. The minimum absolute atomic E-state index is 0.0212. The summed E-state index contributed by atoms with van der Waals surface area (Å²) in [6.45, 7) is 3.33. The number of carbonyl (C=O) groups excluding carboxylic acids is 5. The van der Waals surface area contributed by atoms with Crippen LogP contribution in [0.25, 0.3) is 0 Å². The van der Waals surface area contributed by atoms with Crippen molar-refractivity contribution in [1.82, 2.24) is 16.0 Å². The number of ether oxygens (including phenoxy) is 3. The Kier molecular flexibility index (Phi) is 10.8. The molecule has 4 atom stereocenters. The molecule has 2 aromatic carbocycles. The number of rotatable bonds is 13. The molecule has 1 fully saturated rings. The van der Waals surface area contributed by atoms with E-state index in [1.807, 2.05) is 36.4 Å². The Bertz CT molecular complexity index is 1140. The molecule has 2 aromatic rings. The van der Waals surface area contributed by atoms with Gasteiger partial charge >= 0.3 is 18.0 Å². The van der Waals surface area contributed by atoms with Crippen molar-refractivity contribution in [3.8, 4) is 0 Å². The molecule has 0 aromatic heterocycles. The number of esters is 2. The van der Waals surface area contributed by atoms with Crippen molar-refractivity contribution in [3.63, 3.8) is 0 Å². The van der Waals surface area contributed by atoms with Crippen LogP contribution in [0.5, 0.6) is 0 Å². The van der Waals surface area contributed by atoms with E-state index in [2.05, 4.69) is 16.0 Å². The van der Waals surface area contributed by atoms with Gasteiger partial charge in [-0.15, -0.1) is 0 Å². The fourth-order valence-corrected chi connectivity index (χ4v) is 3.67. The number of benzene rings is 2. The lowest BCUT2D eigenvalue weighted by atomic mass is 9.99. The molecule has 11 heteroatoms. The number of hydrogen-bond acceptors (Lipinski definition) is 8. The molecule has 1 aliphatic rings. The summed E-state index contributed by atoms with van der Waals surface area (Å²) >= 11 is 0. The molecule has 39 heavy (non-hydrogen) atoms. The third-order valence-corrected chi connectivity index (χ3v) is 6.06. The van der Waals surface area contributed by atoms with E-state index in [0.717, 1.165) is 11.1 Å². The first-order chi connectivity index (χ1) is 18.7. The molecule has 11 nitrogen and oxygen atoms in total. The number of cyclic esters (lactones) is 1. The molecule has 3 N–H and O–H groups in total. The maximum Gasteiger partial charge on any atom is 0.408 e. The summed E-state index contributed by atoms with van der Waals surface area (Å²) in [4.78, 5) is 61.1. The van der Waals surface area contributed by atoms with E-state index in [1.54, 1.807) is 31.2 Å². The van der Waals surface area contributed by atoms with Crippen LogP contribution in [0.15, 0.2) is 60.7 Å². The van der Waals surface area contributed by atoms with Crippen molar-refractivity contribution in [2.24, 2.45) is 5.92 Å². The molecule has 0 aliphatic carbocycles. The van der Waals surface area contributed by atoms with E-state index in [0.29, 0.717) is 6.42 Å². The summed E-state index contributed by atoms with van der Waals surface area (Å²) < 4.78 is 15.4. The largest absolute Gasteiger partial charge is 0.459 e. The first-order valence-corrected chi connectivity index (χ1v) is 12.7. The monoisotopic (exact) mass is 539 g/mol. The van der Waals surface area contributed by atoms with Gasteiger partial charge in [0.05, 0.1) is 0 Å². The summed E-state index contributed by atoms with van der Waals surface area (Å²) in [5.41, 5.74) is 1.58. The van der Waals surface area contributed by atoms with Gasteiger partial charge in [0.2, 0.25) is 5.91 Å². The summed E-state index contributed by atoms with van der Waals surface area (Å²) in [5.74, 6) is -2.60. The normalized spacial score (nSPS) is 17.4. The lowest BCUT2D eigenvalue weighted by Crippen LogP contribution is -2.53. The van der Waals surface area contributed by atoms with Crippen LogP contribution in [0, 0.1) is 5.92 Å². The van der Waals surface area contributed by atoms with Crippen LogP contribution in [0.4, 0.5) is 4.79 Å². The number of hydrogen-bond donors (Lipinski definition) is 3. The summed E-state index contributed by atoms with van der Waals surface area (Å²) in [6.07, 6.45) is -1.12. The summed E-state index contributed by atoms with van der Waals surface area (Å²) in [7, 11) is 0. The number of carbonyl (C=O) groups is 5. The van der Waals surface area contributed by atoms with Gasteiger partial charge in [-0.2, -0.15) is 0 Å². The standard InChI is InChI=1S/C28H33N3O8/c1-18-23(39-26(18)34)25(33)29-15-9-14-22(27(35)37-16-20-10-5-3-6-11-20)31-24(32)19(2)30-28(36)38-17-21-12-7-4-8-13-21/h3-8,10-13,18-19,22-23H,9,14-17H2,1-2H3,(H,29,33)(H,30,36)(H,31,32)/t18-,19-,22-,23+/m0/s1. The molecule has 0 unspecified atom stereocenters. The van der Waals surface area contributed by atoms with Crippen molar-refractivity contribution < 1.29 is 38.2 Å². The van der Waals surface area contributed by atoms with Crippen molar-refractivity contribution in [3.05, 3.63) is 71.8 Å². The lowest BCUT2D eigenvalue weighted by molar-refractivity contribution is -0.186. The Labute approximate surface area is 226 Å². The second-order valence-corrected chi connectivity index (χ2v) is 9.16. The Morgan fingerprint density at radius 2 is 1.49 bits per heavy atom. The van der Waals surface area contributed by atoms with Gasteiger partial charge in [0.25, 0.3) is 5.91 Å². The van der Waals surface area contributed by atoms with Crippen molar-refractivity contribution in [2.75, 3.05) is 6.54 Å². The molecule has 3 amide bonds. The molecule has 0 radical (unpaired) electrons. The molecule has 0 saturated carbocycles. The third-order valence-electron chi connectivity index (χ3n) is 6.06. The zero-order valence-corrected chi connectivity index (χ0v) is 21.9. The van der Waals surface area contributed by atoms with Gasteiger partial charge in [-0.1, -0.05) is 60.7 Å². The highest BCUT2D eigenvalue weighted by molar-refractivity contribution is 5.93. The van der Waals surface area contributed by atoms with E-state index in [-0.39, 0.29) is 26.2 Å². The first kappa shape index (κ1) is 29.2. The Morgan fingerprint density at radius 1 is 0.897 bits per heavy atom. The molecule has 0 bridgehead atoms. The zero-order valence-electron chi connectivity index (χ0n) is 21.9. The average Bonchev–Trinajstić information content (AvgIpc) is 2.95. The second kappa shape index (κ2) is 14.5. The summed E-state index contributed by atoms with van der Waals surface area (Å²) in [5, 5.41) is 7.72. The Hall–Kier alpha value is -4.41. The maximum atomic E-state index is 12.8. The van der Waals surface area contributed by atoms with Crippen LogP contribution in [0.3, 0.4) is 0 Å². The number of nitrogens with one attached hydrogen (secondary N) is 3. The van der Waals surface area contributed by atoms with Gasteiger partial charge in [-0.05, 0) is 37.8 Å². The molecule has 1 heterocycles. The molecule has 1 saturated heterocycles. The van der Waals surface area contributed by atoms with Gasteiger partial charge in [0, 0.05) is 6.54 Å². The topological polar surface area (TPSA) is 149 Å². The quantitative estimate of drug-likeness (QED) is 0.199. The van der Waals surface area contributed by atoms with Crippen LogP contribution < -0.4 is 16.0 Å². The van der Waals surface area contributed by atoms with Gasteiger partial charge in [0.1, 0.15) is 31.2 Å². The van der Waals surface area contributed by atoms with Gasteiger partial charge in [-0.3, -0.25) is 14.4 Å². The highest BCUT2D eigenvalue weighted by Crippen LogP contribution is 2.21. The van der Waals surface area contributed by atoms with E-state index in [9.17, 15) is 24.0 Å². The van der Waals surface area contributed by atoms with Gasteiger partial charge in [0.15, 0.2) is 6.10 Å². The molecule has 0 spiro atoms. The maximum absolute atomic E-state index is 12.8. The third kappa shape index (κ3) is 9.13. The second-order valence-electron chi connectivity index (χ2n) is 9.16. The molecular weight excluding hydrogens is 506 g/mol. The number of amides is 3. The Balaban J connectivity index is 1.49. The fourth-order valence-electron chi connectivity index (χ4n) is 3.67. The lowest BCUT2D eigenvalue weighted by Gasteiger charge is -2.31. The van der Waals surface area contributed by atoms with Gasteiger partial charge < -0.3 is 30.2 Å². The highest BCUT2D eigenvalue weighted by atomic mass is 16.6. The van der Waals surface area contributed by atoms with E-state index >= 15 is 0 Å². The van der Waals surface area contributed by atoms with Crippen LogP contribution in [0.1, 0.15) is 37.8 Å². The zero-order chi connectivity index (χ0) is 28.2. The average molecular weight is 540 g/mol. The fraction of sp³-hybridized carbons (Fsp3) is 0.393. The molecule has 3 rings (SSSR count). The predicted molar refractivity (Wildman–Crippen MR) is 139 cm³/mol. The van der Waals surface area contributed by atoms with Crippen molar-refractivity contribution in [2.45, 2.75) is 58.1 Å². The van der Waals surface area contributed by atoms with Crippen LogP contribution in [0.2, 0.25) is 0 Å². The predicted octanol–water partition coefficient (Wildman–Crippen LogP) is 1.99. The molecule has 208 valence electrons. The minimum atomic E-state index is -1.02. The molecular formula is C28H33N3O8. The van der Waals surface area contributed by atoms with Crippen LogP contribution >= 0.6 is 0 Å². The number of alkyl carbamates (subject to hydrolysis) is 1. The minimum Gasteiger partial charge on any atom is -0.459 e. The smallest absolute Gasteiger partial charge is 0.408 e. The Morgan fingerprint density at radius 3 is 2.05 bits per heavy atom. The van der Waals surface area contributed by atoms with Crippen LogP contribution in [-0.4, -0.2) is 54.6 Å². The molecule has 1 aliphatic heterocycles. The SMILES string of the molecule is C[C@H](NC(=O)OCc1ccccc1)C(=O)N[C@@H](CCCNC(=O)[C@@H]1OC(=O)[C@H]1C)C(=O)OCc1ccccc1. The van der Waals surface area contributed by atoms with E-state index in [4.69, 9.17) is 14.2 Å².